The van der Waals surface area contributed by atoms with Gasteiger partial charge >= 0.3 is 5.97 Å². The molecule has 108 valence electrons. The maximum atomic E-state index is 10.9. The van der Waals surface area contributed by atoms with Gasteiger partial charge in [-0.1, -0.05) is 27.7 Å². The monoisotopic (exact) mass is 267 g/mol. The molecule has 0 unspecified atom stereocenters. The molecule has 4 heteroatoms. The highest BCUT2D eigenvalue weighted by molar-refractivity contribution is 5.86. The van der Waals surface area contributed by atoms with Crippen LogP contribution in [0.1, 0.15) is 49.6 Å². The van der Waals surface area contributed by atoms with Crippen molar-refractivity contribution < 1.29 is 14.3 Å². The highest BCUT2D eigenvalue weighted by Gasteiger charge is 2.18. The smallest absolute Gasteiger partial charge is 0.372 e. The topological polar surface area (TPSA) is 62.5 Å². The number of carbonyl (C=O) groups is 1. The fraction of sp³-hybridized carbons (Fsp3) is 0.667. The Morgan fingerprint density at radius 2 is 1.89 bits per heavy atom. The molecule has 0 aromatic carbocycles. The predicted octanol–water partition coefficient (Wildman–Crippen LogP) is 3.30. The van der Waals surface area contributed by atoms with Crippen LogP contribution in [-0.4, -0.2) is 17.6 Å². The van der Waals surface area contributed by atoms with E-state index >= 15 is 0 Å². The molecule has 0 radical (unpaired) electrons. The van der Waals surface area contributed by atoms with Gasteiger partial charge in [0.1, 0.15) is 5.76 Å². The van der Waals surface area contributed by atoms with Gasteiger partial charge in [-0.15, -0.1) is 0 Å². The molecule has 0 aliphatic rings. The Balaban J connectivity index is 2.53. The van der Waals surface area contributed by atoms with Crippen molar-refractivity contribution >= 4 is 5.97 Å². The van der Waals surface area contributed by atoms with E-state index in [1.807, 2.05) is 0 Å². The fourth-order valence-electron chi connectivity index (χ4n) is 2.45. The molecule has 0 atom stereocenters. The van der Waals surface area contributed by atoms with E-state index in [0.29, 0.717) is 35.6 Å². The van der Waals surface area contributed by atoms with Crippen LogP contribution in [0.5, 0.6) is 0 Å². The summed E-state index contributed by atoms with van der Waals surface area (Å²) in [6, 6.07) is 1.79. The van der Waals surface area contributed by atoms with Crippen molar-refractivity contribution in [2.45, 2.75) is 41.2 Å². The molecular weight excluding hydrogens is 242 g/mol. The lowest BCUT2D eigenvalue weighted by Gasteiger charge is -2.24. The fourth-order valence-corrected chi connectivity index (χ4v) is 2.45. The van der Waals surface area contributed by atoms with Gasteiger partial charge in [0.2, 0.25) is 5.76 Å². The van der Waals surface area contributed by atoms with Gasteiger partial charge in [0, 0.05) is 5.56 Å². The Morgan fingerprint density at radius 3 is 2.32 bits per heavy atom. The molecule has 19 heavy (non-hydrogen) atoms. The minimum atomic E-state index is -1.01. The van der Waals surface area contributed by atoms with Crippen LogP contribution >= 0.6 is 0 Å². The van der Waals surface area contributed by atoms with Gasteiger partial charge < -0.3 is 14.8 Å². The Bertz CT molecular complexity index is 413. The SMILES string of the molecule is Cc1cc(CNCC(C(C)C)C(C)C)oc1C(=O)O. The summed E-state index contributed by atoms with van der Waals surface area (Å²) in [6.07, 6.45) is 0. The molecule has 0 fully saturated rings. The highest BCUT2D eigenvalue weighted by atomic mass is 16.4. The molecule has 0 spiro atoms. The number of nitrogens with one attached hydrogen (secondary N) is 1. The number of aromatic carboxylic acids is 1. The van der Waals surface area contributed by atoms with Crippen molar-refractivity contribution in [3.8, 4) is 0 Å². The molecule has 0 amide bonds. The number of carboxylic acid groups (broad SMARTS) is 1. The standard InChI is InChI=1S/C15H25NO3/c1-9(2)13(10(3)4)8-16-7-12-6-11(5)14(19-12)15(17)18/h6,9-10,13,16H,7-8H2,1-5H3,(H,17,18). The van der Waals surface area contributed by atoms with E-state index in [-0.39, 0.29) is 5.76 Å². The maximum absolute atomic E-state index is 10.9. The highest BCUT2D eigenvalue weighted by Crippen LogP contribution is 2.20. The number of carboxylic acids is 1. The molecule has 0 saturated heterocycles. The van der Waals surface area contributed by atoms with Crippen LogP contribution in [0.3, 0.4) is 0 Å². The van der Waals surface area contributed by atoms with Crippen LogP contribution in [0.2, 0.25) is 0 Å². The Kier molecular flexibility index (Phi) is 5.60. The summed E-state index contributed by atoms with van der Waals surface area (Å²) >= 11 is 0. The molecule has 2 N–H and O–H groups in total. The van der Waals surface area contributed by atoms with E-state index in [2.05, 4.69) is 33.0 Å². The number of hydrogen-bond donors (Lipinski definition) is 2. The first-order valence-corrected chi connectivity index (χ1v) is 6.86. The average molecular weight is 267 g/mol. The molecule has 0 saturated carbocycles. The second kappa shape index (κ2) is 6.75. The predicted molar refractivity (Wildman–Crippen MR) is 75.3 cm³/mol. The minimum Gasteiger partial charge on any atom is -0.475 e. The summed E-state index contributed by atoms with van der Waals surface area (Å²) in [5, 5.41) is 12.3. The maximum Gasteiger partial charge on any atom is 0.372 e. The third-order valence-electron chi connectivity index (χ3n) is 3.55. The molecule has 1 heterocycles. The minimum absolute atomic E-state index is 0.0427. The zero-order valence-corrected chi connectivity index (χ0v) is 12.5. The molecular formula is C15H25NO3. The Morgan fingerprint density at radius 1 is 1.32 bits per heavy atom. The number of furan rings is 1. The molecule has 1 aromatic rings. The van der Waals surface area contributed by atoms with E-state index < -0.39 is 5.97 Å². The van der Waals surface area contributed by atoms with Gasteiger partial charge in [-0.2, -0.15) is 0 Å². The normalized spacial score (nSPS) is 11.8. The van der Waals surface area contributed by atoms with Crippen LogP contribution in [0, 0.1) is 24.7 Å². The second-order valence-electron chi connectivity index (χ2n) is 5.81. The van der Waals surface area contributed by atoms with E-state index in [9.17, 15) is 4.79 Å². The summed E-state index contributed by atoms with van der Waals surface area (Å²) in [5.74, 6) is 1.57. The third kappa shape index (κ3) is 4.39. The van der Waals surface area contributed by atoms with Crippen LogP contribution < -0.4 is 5.32 Å². The van der Waals surface area contributed by atoms with Crippen molar-refractivity contribution in [2.75, 3.05) is 6.54 Å². The molecule has 1 rings (SSSR count). The Labute approximate surface area is 115 Å². The number of rotatable bonds is 7. The zero-order valence-electron chi connectivity index (χ0n) is 12.5. The first-order valence-electron chi connectivity index (χ1n) is 6.86. The van der Waals surface area contributed by atoms with Crippen LogP contribution in [0.25, 0.3) is 0 Å². The van der Waals surface area contributed by atoms with Gasteiger partial charge in [-0.3, -0.25) is 0 Å². The third-order valence-corrected chi connectivity index (χ3v) is 3.55. The molecule has 0 bridgehead atoms. The Hall–Kier alpha value is -1.29. The lowest BCUT2D eigenvalue weighted by atomic mass is 9.85. The van der Waals surface area contributed by atoms with E-state index in [1.54, 1.807) is 13.0 Å². The van der Waals surface area contributed by atoms with Gasteiger partial charge in [-0.25, -0.2) is 4.79 Å². The lowest BCUT2D eigenvalue weighted by molar-refractivity contribution is 0.0659. The second-order valence-corrected chi connectivity index (χ2v) is 5.81. The first kappa shape index (κ1) is 15.8. The summed E-state index contributed by atoms with van der Waals surface area (Å²) < 4.78 is 5.32. The van der Waals surface area contributed by atoms with E-state index in [0.717, 1.165) is 6.54 Å². The van der Waals surface area contributed by atoms with Crippen molar-refractivity contribution in [1.29, 1.82) is 0 Å². The summed E-state index contributed by atoms with van der Waals surface area (Å²) in [6.45, 7) is 12.2. The van der Waals surface area contributed by atoms with Crippen molar-refractivity contribution in [3.63, 3.8) is 0 Å². The first-order chi connectivity index (χ1) is 8.82. The van der Waals surface area contributed by atoms with Crippen molar-refractivity contribution in [2.24, 2.45) is 17.8 Å². The van der Waals surface area contributed by atoms with Crippen LogP contribution in [0.15, 0.2) is 10.5 Å². The molecule has 4 nitrogen and oxygen atoms in total. The van der Waals surface area contributed by atoms with Crippen molar-refractivity contribution in [1.82, 2.24) is 5.32 Å². The summed E-state index contributed by atoms with van der Waals surface area (Å²) in [5.41, 5.74) is 0.675. The summed E-state index contributed by atoms with van der Waals surface area (Å²) in [7, 11) is 0. The molecule has 0 aliphatic heterocycles. The van der Waals surface area contributed by atoms with Crippen LogP contribution in [0.4, 0.5) is 0 Å². The largest absolute Gasteiger partial charge is 0.475 e. The lowest BCUT2D eigenvalue weighted by Crippen LogP contribution is -2.29. The quantitative estimate of drug-likeness (QED) is 0.795. The summed E-state index contributed by atoms with van der Waals surface area (Å²) in [4.78, 5) is 10.9. The molecule has 0 aliphatic carbocycles. The van der Waals surface area contributed by atoms with E-state index in [1.165, 1.54) is 0 Å². The zero-order chi connectivity index (χ0) is 14.6. The van der Waals surface area contributed by atoms with Gasteiger partial charge in [-0.05, 0) is 37.3 Å². The number of aryl methyl sites for hydroxylation is 1. The van der Waals surface area contributed by atoms with Gasteiger partial charge in [0.25, 0.3) is 0 Å². The molecule has 1 aromatic heterocycles. The van der Waals surface area contributed by atoms with Crippen LogP contribution in [-0.2, 0) is 6.54 Å². The number of hydrogen-bond acceptors (Lipinski definition) is 3. The average Bonchev–Trinajstić information content (AvgIpc) is 2.65. The van der Waals surface area contributed by atoms with Crippen molar-refractivity contribution in [3.05, 3.63) is 23.2 Å². The van der Waals surface area contributed by atoms with Gasteiger partial charge in [0.05, 0.1) is 6.54 Å². The van der Waals surface area contributed by atoms with Gasteiger partial charge in [0.15, 0.2) is 0 Å². The van der Waals surface area contributed by atoms with E-state index in [4.69, 9.17) is 9.52 Å².